The summed E-state index contributed by atoms with van der Waals surface area (Å²) >= 11 is 0. The molecule has 0 saturated heterocycles. The van der Waals surface area contributed by atoms with Crippen molar-refractivity contribution in [1.82, 2.24) is 0 Å². The zero-order valence-electron chi connectivity index (χ0n) is 11.1. The van der Waals surface area contributed by atoms with Gasteiger partial charge in [-0.1, -0.05) is 11.2 Å². The van der Waals surface area contributed by atoms with E-state index in [1.807, 2.05) is 26.8 Å². The predicted molar refractivity (Wildman–Crippen MR) is 70.9 cm³/mol. The van der Waals surface area contributed by atoms with Crippen LogP contribution in [0, 0.1) is 20.8 Å². The summed E-state index contributed by atoms with van der Waals surface area (Å²) in [4.78, 5) is 5.26. The molecule has 0 aromatic heterocycles. The summed E-state index contributed by atoms with van der Waals surface area (Å²) in [6.45, 7) is 5.74. The molecule has 0 radical (unpaired) electrons. The van der Waals surface area contributed by atoms with Gasteiger partial charge in [0.05, 0.1) is 16.4 Å². The molecule has 1 aliphatic heterocycles. The van der Waals surface area contributed by atoms with Crippen LogP contribution in [0.5, 0.6) is 0 Å². The molecule has 4 nitrogen and oxygen atoms in total. The molecule has 5 heteroatoms. The normalized spacial score (nSPS) is 19.7. The number of sulfone groups is 1. The Hall–Kier alpha value is -1.36. The summed E-state index contributed by atoms with van der Waals surface area (Å²) in [7, 11) is -1.72. The first-order valence-corrected chi connectivity index (χ1v) is 7.47. The van der Waals surface area contributed by atoms with Gasteiger partial charge >= 0.3 is 0 Å². The molecule has 0 atom stereocenters. The summed E-state index contributed by atoms with van der Waals surface area (Å²) < 4.78 is 24.4. The molecule has 1 aromatic rings. The van der Waals surface area contributed by atoms with Gasteiger partial charge in [-0.15, -0.1) is 0 Å². The second kappa shape index (κ2) is 4.39. The Labute approximate surface area is 108 Å². The second-order valence-corrected chi connectivity index (χ2v) is 6.67. The van der Waals surface area contributed by atoms with Crippen LogP contribution < -0.4 is 0 Å². The zero-order chi connectivity index (χ0) is 13.5. The van der Waals surface area contributed by atoms with Gasteiger partial charge in [0.1, 0.15) is 7.11 Å². The van der Waals surface area contributed by atoms with Gasteiger partial charge in [0.25, 0.3) is 0 Å². The van der Waals surface area contributed by atoms with E-state index >= 15 is 0 Å². The van der Waals surface area contributed by atoms with E-state index in [0.29, 0.717) is 11.3 Å². The van der Waals surface area contributed by atoms with Crippen molar-refractivity contribution < 1.29 is 13.3 Å². The average Bonchev–Trinajstić information content (AvgIpc) is 2.28. The molecule has 98 valence electrons. The Bertz CT molecular complexity index is 630. The third-order valence-corrected chi connectivity index (χ3v) is 5.28. The second-order valence-electron chi connectivity index (χ2n) is 4.63. The van der Waals surface area contributed by atoms with Crippen LogP contribution >= 0.6 is 0 Å². The number of rotatable bonds is 1. The first-order valence-electron chi connectivity index (χ1n) is 5.82. The van der Waals surface area contributed by atoms with Crippen LogP contribution in [-0.2, 0) is 14.7 Å². The number of aryl methyl sites for hydroxylation is 2. The van der Waals surface area contributed by atoms with E-state index in [2.05, 4.69) is 5.16 Å². The van der Waals surface area contributed by atoms with Gasteiger partial charge in [-0.25, -0.2) is 8.42 Å². The van der Waals surface area contributed by atoms with Crippen LogP contribution in [0.3, 0.4) is 0 Å². The number of benzene rings is 1. The first kappa shape index (κ1) is 13.1. The largest absolute Gasteiger partial charge is 0.399 e. The topological polar surface area (TPSA) is 55.7 Å². The van der Waals surface area contributed by atoms with E-state index in [1.165, 1.54) is 7.11 Å². The van der Waals surface area contributed by atoms with E-state index in [-0.39, 0.29) is 5.75 Å². The molecule has 0 spiro atoms. The Kier molecular flexibility index (Phi) is 3.19. The minimum absolute atomic E-state index is 0.103. The van der Waals surface area contributed by atoms with Crippen molar-refractivity contribution in [2.24, 2.45) is 5.16 Å². The molecule has 0 bridgehead atoms. The van der Waals surface area contributed by atoms with E-state index < -0.39 is 9.84 Å². The first-order chi connectivity index (χ1) is 8.38. The number of hydrogen-bond acceptors (Lipinski definition) is 4. The maximum absolute atomic E-state index is 12.2. The molecule has 1 heterocycles. The van der Waals surface area contributed by atoms with Gasteiger partial charge < -0.3 is 4.84 Å². The lowest BCUT2D eigenvalue weighted by atomic mass is 9.95. The molecular weight excluding hydrogens is 250 g/mol. The van der Waals surface area contributed by atoms with Crippen LogP contribution in [0.25, 0.3) is 0 Å². The monoisotopic (exact) mass is 267 g/mol. The van der Waals surface area contributed by atoms with Crippen LogP contribution in [-0.4, -0.2) is 27.0 Å². The van der Waals surface area contributed by atoms with Crippen molar-refractivity contribution in [1.29, 1.82) is 0 Å². The highest BCUT2D eigenvalue weighted by Crippen LogP contribution is 2.32. The van der Waals surface area contributed by atoms with Crippen LogP contribution in [0.2, 0.25) is 0 Å². The minimum atomic E-state index is -3.20. The van der Waals surface area contributed by atoms with Gasteiger partial charge in [0, 0.05) is 12.0 Å². The number of nitrogens with zero attached hydrogens (tertiary/aromatic N) is 1. The Balaban J connectivity index is 2.88. The highest BCUT2D eigenvalue weighted by atomic mass is 32.2. The molecule has 1 aromatic carbocycles. The standard InChI is InChI=1S/C13H17NO3S/c1-8-7-9(2)13-12(10(8)3)11(14-17-4)5-6-18(13,15)16/h7H,5-6H2,1-4H3/b14-11+. The third-order valence-electron chi connectivity index (χ3n) is 3.39. The van der Waals surface area contributed by atoms with Gasteiger partial charge in [-0.2, -0.15) is 0 Å². The number of hydrogen-bond donors (Lipinski definition) is 0. The molecule has 0 aliphatic carbocycles. The van der Waals surface area contributed by atoms with Crippen LogP contribution in [0.1, 0.15) is 28.7 Å². The van der Waals surface area contributed by atoms with Gasteiger partial charge in [0.2, 0.25) is 0 Å². The molecule has 1 aliphatic rings. The van der Waals surface area contributed by atoms with Crippen molar-refractivity contribution in [2.45, 2.75) is 32.1 Å². The van der Waals surface area contributed by atoms with E-state index in [9.17, 15) is 8.42 Å². The van der Waals surface area contributed by atoms with Crippen molar-refractivity contribution >= 4 is 15.5 Å². The molecular formula is C13H17NO3S. The van der Waals surface area contributed by atoms with E-state index in [0.717, 1.165) is 28.0 Å². The molecule has 0 amide bonds. The summed E-state index contributed by atoms with van der Waals surface area (Å²) in [5.74, 6) is 0.103. The molecule has 0 N–H and O–H groups in total. The summed E-state index contributed by atoms with van der Waals surface area (Å²) in [5.41, 5.74) is 4.30. The van der Waals surface area contributed by atoms with Crippen LogP contribution in [0.4, 0.5) is 0 Å². The number of oxime groups is 1. The SMILES string of the molecule is CO/N=C1\CCS(=O)(=O)c2c(C)cc(C)c(C)c21. The van der Waals surface area contributed by atoms with Crippen molar-refractivity contribution in [3.63, 3.8) is 0 Å². The lowest BCUT2D eigenvalue weighted by molar-refractivity contribution is 0.213. The fourth-order valence-electron chi connectivity index (χ4n) is 2.47. The summed E-state index contributed by atoms with van der Waals surface area (Å²) in [6.07, 6.45) is 0.410. The third kappa shape index (κ3) is 1.92. The van der Waals surface area contributed by atoms with Gasteiger partial charge in [0.15, 0.2) is 9.84 Å². The minimum Gasteiger partial charge on any atom is -0.399 e. The Morgan fingerprint density at radius 2 is 1.89 bits per heavy atom. The Morgan fingerprint density at radius 1 is 1.22 bits per heavy atom. The van der Waals surface area contributed by atoms with Gasteiger partial charge in [-0.05, 0) is 37.5 Å². The van der Waals surface area contributed by atoms with Crippen molar-refractivity contribution in [3.8, 4) is 0 Å². The summed E-state index contributed by atoms with van der Waals surface area (Å²) in [5, 5.41) is 3.99. The maximum Gasteiger partial charge on any atom is 0.179 e. The van der Waals surface area contributed by atoms with Crippen molar-refractivity contribution in [3.05, 3.63) is 28.3 Å². The summed E-state index contributed by atoms with van der Waals surface area (Å²) in [6, 6.07) is 1.92. The van der Waals surface area contributed by atoms with Crippen molar-refractivity contribution in [2.75, 3.05) is 12.9 Å². The fraction of sp³-hybridized carbons (Fsp3) is 0.462. The quantitative estimate of drug-likeness (QED) is 0.732. The fourth-order valence-corrected chi connectivity index (χ4v) is 4.27. The molecule has 2 rings (SSSR count). The van der Waals surface area contributed by atoms with E-state index in [1.54, 1.807) is 0 Å². The average molecular weight is 267 g/mol. The molecule has 0 saturated carbocycles. The number of fused-ring (bicyclic) bond motifs is 1. The van der Waals surface area contributed by atoms with Gasteiger partial charge in [-0.3, -0.25) is 0 Å². The highest BCUT2D eigenvalue weighted by molar-refractivity contribution is 7.91. The Morgan fingerprint density at radius 3 is 2.50 bits per heavy atom. The molecule has 18 heavy (non-hydrogen) atoms. The smallest absolute Gasteiger partial charge is 0.179 e. The van der Waals surface area contributed by atoms with Crippen LogP contribution in [0.15, 0.2) is 16.1 Å². The molecule has 0 unspecified atom stereocenters. The lowest BCUT2D eigenvalue weighted by Gasteiger charge is -2.23. The highest BCUT2D eigenvalue weighted by Gasteiger charge is 2.31. The lowest BCUT2D eigenvalue weighted by Crippen LogP contribution is -2.25. The molecule has 0 fully saturated rings. The predicted octanol–water partition coefficient (Wildman–Crippen LogP) is 2.14. The maximum atomic E-state index is 12.2. The zero-order valence-corrected chi connectivity index (χ0v) is 11.9. The van der Waals surface area contributed by atoms with E-state index in [4.69, 9.17) is 4.84 Å².